The van der Waals surface area contributed by atoms with Crippen molar-refractivity contribution in [1.29, 1.82) is 0 Å². The number of nitrogens with one attached hydrogen (secondary N) is 1. The van der Waals surface area contributed by atoms with E-state index >= 15 is 0 Å². The van der Waals surface area contributed by atoms with Gasteiger partial charge in [-0.2, -0.15) is 18.3 Å². The molecule has 2 heterocycles. The second-order valence-electron chi connectivity index (χ2n) is 7.60. The number of aliphatic hydroxyl groups excluding tert-OH is 1. The van der Waals surface area contributed by atoms with Crippen molar-refractivity contribution in [2.45, 2.75) is 37.9 Å². The summed E-state index contributed by atoms with van der Waals surface area (Å²) >= 11 is 6.26. The van der Waals surface area contributed by atoms with Gasteiger partial charge in [-0.1, -0.05) is 11.6 Å². The maximum absolute atomic E-state index is 12.8. The minimum absolute atomic E-state index is 0.197. The molecule has 11 heteroatoms. The molecule has 0 aliphatic heterocycles. The predicted octanol–water partition coefficient (Wildman–Crippen LogP) is 4.47. The fourth-order valence-electron chi connectivity index (χ4n) is 3.74. The zero-order chi connectivity index (χ0) is 22.2. The number of hydrogen-bond acceptors (Lipinski definition) is 5. The van der Waals surface area contributed by atoms with E-state index in [4.69, 9.17) is 11.6 Å². The second kappa shape index (κ2) is 8.43. The van der Waals surface area contributed by atoms with Gasteiger partial charge in [0.05, 0.1) is 34.7 Å². The number of fused-ring (bicyclic) bond motifs is 1. The molecule has 31 heavy (non-hydrogen) atoms. The van der Waals surface area contributed by atoms with E-state index in [1.54, 1.807) is 12.1 Å². The molecular weight excluding hydrogens is 435 g/mol. The molecule has 0 radical (unpaired) electrons. The van der Waals surface area contributed by atoms with Crippen molar-refractivity contribution >= 4 is 34.1 Å². The van der Waals surface area contributed by atoms with Crippen LogP contribution >= 0.6 is 11.6 Å². The van der Waals surface area contributed by atoms with Gasteiger partial charge in [-0.3, -0.25) is 14.5 Å². The van der Waals surface area contributed by atoms with Crippen LogP contribution in [0.5, 0.6) is 0 Å². The number of aliphatic hydroxyl groups is 1. The molecule has 0 saturated heterocycles. The zero-order valence-corrected chi connectivity index (χ0v) is 17.0. The Kier molecular flexibility index (Phi) is 5.85. The van der Waals surface area contributed by atoms with Crippen LogP contribution in [0.25, 0.3) is 10.9 Å². The minimum atomic E-state index is -4.70. The van der Waals surface area contributed by atoms with Gasteiger partial charge < -0.3 is 10.4 Å². The molecule has 1 aliphatic carbocycles. The average molecular weight is 454 g/mol. The lowest BCUT2D eigenvalue weighted by Gasteiger charge is -2.27. The van der Waals surface area contributed by atoms with E-state index in [9.17, 15) is 23.1 Å². The number of carbonyl (C=O) groups excluding carboxylic acids is 1. The van der Waals surface area contributed by atoms with Crippen LogP contribution in [-0.2, 0) is 6.18 Å². The van der Waals surface area contributed by atoms with Crippen LogP contribution in [0.2, 0.25) is 5.02 Å². The van der Waals surface area contributed by atoms with Crippen molar-refractivity contribution in [3.8, 4) is 0 Å². The molecule has 1 aliphatic rings. The molecule has 1 saturated carbocycles. The third kappa shape index (κ3) is 4.64. The highest BCUT2D eigenvalue weighted by atomic mass is 35.5. The number of benzene rings is 1. The van der Waals surface area contributed by atoms with Gasteiger partial charge in [0.1, 0.15) is 5.69 Å². The Morgan fingerprint density at radius 2 is 1.97 bits per heavy atom. The smallest absolute Gasteiger partial charge is 0.396 e. The number of hydrogen-bond donors (Lipinski definition) is 2. The molecule has 0 bridgehead atoms. The molecule has 0 unspecified atom stereocenters. The van der Waals surface area contributed by atoms with Crippen LogP contribution in [0.3, 0.4) is 0 Å². The van der Waals surface area contributed by atoms with Crippen LogP contribution in [0, 0.1) is 5.92 Å². The minimum Gasteiger partial charge on any atom is -0.396 e. The topological polar surface area (TPSA) is 92.9 Å². The molecule has 3 aromatic rings. The number of alkyl halides is 3. The van der Waals surface area contributed by atoms with Crippen molar-refractivity contribution in [3.63, 3.8) is 0 Å². The monoisotopic (exact) mass is 453 g/mol. The van der Waals surface area contributed by atoms with Gasteiger partial charge in [-0.05, 0) is 43.7 Å². The van der Waals surface area contributed by atoms with Gasteiger partial charge in [-0.25, -0.2) is 4.98 Å². The van der Waals surface area contributed by atoms with Gasteiger partial charge in [-0.15, -0.1) is 0 Å². The number of carbonyl (C=O) groups is 1. The third-order valence-electron chi connectivity index (χ3n) is 5.47. The zero-order valence-electron chi connectivity index (χ0n) is 16.2. The lowest BCUT2D eigenvalue weighted by molar-refractivity contribution is -0.141. The highest BCUT2D eigenvalue weighted by Gasteiger charge is 2.33. The first kappa shape index (κ1) is 21.5. The van der Waals surface area contributed by atoms with Gasteiger partial charge in [0.2, 0.25) is 0 Å². The highest BCUT2D eigenvalue weighted by molar-refractivity contribution is 6.34. The van der Waals surface area contributed by atoms with E-state index in [2.05, 4.69) is 20.4 Å². The maximum atomic E-state index is 12.8. The van der Waals surface area contributed by atoms with Crippen LogP contribution < -0.4 is 5.32 Å². The molecule has 7 nitrogen and oxygen atoms in total. The molecule has 1 fully saturated rings. The van der Waals surface area contributed by atoms with Gasteiger partial charge in [0.15, 0.2) is 5.69 Å². The molecule has 0 spiro atoms. The summed E-state index contributed by atoms with van der Waals surface area (Å²) in [5.41, 5.74) is -0.839. The molecular formula is C20H19ClF3N5O2. The number of aromatic nitrogens is 4. The molecule has 2 aromatic heterocycles. The Morgan fingerprint density at radius 3 is 2.65 bits per heavy atom. The summed E-state index contributed by atoms with van der Waals surface area (Å²) < 4.78 is 40.3. The summed E-state index contributed by atoms with van der Waals surface area (Å²) in [6, 6.07) is 3.44. The van der Waals surface area contributed by atoms with Crippen LogP contribution in [0.15, 0.2) is 30.7 Å². The first-order valence-electron chi connectivity index (χ1n) is 9.74. The Morgan fingerprint density at radius 1 is 1.23 bits per heavy atom. The van der Waals surface area contributed by atoms with E-state index in [0.717, 1.165) is 37.3 Å². The predicted molar refractivity (Wildman–Crippen MR) is 108 cm³/mol. The van der Waals surface area contributed by atoms with E-state index < -0.39 is 23.5 Å². The molecule has 164 valence electrons. The fraction of sp³-hybridized carbons (Fsp3) is 0.400. The average Bonchev–Trinajstić information content (AvgIpc) is 3.16. The molecule has 1 amide bonds. The highest BCUT2D eigenvalue weighted by Crippen LogP contribution is 2.34. The first-order valence-corrected chi connectivity index (χ1v) is 10.1. The number of halogens is 4. The molecule has 0 atom stereocenters. The summed E-state index contributed by atoms with van der Waals surface area (Å²) in [4.78, 5) is 19.2. The van der Waals surface area contributed by atoms with Crippen molar-refractivity contribution < 1.29 is 23.1 Å². The van der Waals surface area contributed by atoms with E-state index in [1.807, 2.05) is 10.9 Å². The summed E-state index contributed by atoms with van der Waals surface area (Å²) in [6.45, 7) is 0.197. The van der Waals surface area contributed by atoms with E-state index in [0.29, 0.717) is 17.6 Å². The Balaban J connectivity index is 1.55. The number of rotatable bonds is 4. The number of anilines is 1. The largest absolute Gasteiger partial charge is 0.434 e. The summed E-state index contributed by atoms with van der Waals surface area (Å²) in [5, 5.41) is 17.3. The second-order valence-corrected chi connectivity index (χ2v) is 8.01. The van der Waals surface area contributed by atoms with Crippen molar-refractivity contribution in [3.05, 3.63) is 47.1 Å². The maximum Gasteiger partial charge on any atom is 0.434 e. The quantitative estimate of drug-likeness (QED) is 0.607. The normalized spacial score (nSPS) is 19.5. The Labute approximate surface area is 180 Å². The van der Waals surface area contributed by atoms with Gasteiger partial charge in [0.25, 0.3) is 5.91 Å². The summed E-state index contributed by atoms with van der Waals surface area (Å²) in [5.74, 6) is -0.522. The van der Waals surface area contributed by atoms with Crippen LogP contribution in [-0.4, -0.2) is 37.4 Å². The lowest BCUT2D eigenvalue weighted by atomic mass is 9.87. The van der Waals surface area contributed by atoms with Gasteiger partial charge >= 0.3 is 6.18 Å². The van der Waals surface area contributed by atoms with Crippen molar-refractivity contribution in [1.82, 2.24) is 19.7 Å². The Hall–Kier alpha value is -2.72. The standard InChI is InChI=1S/C20H19ClF3N5O2/c21-14-6-15-12(9-29(28-15)13-3-1-11(10-30)2-4-13)5-16(14)27-19(31)17-7-25-8-18(26-17)20(22,23)24/h5-9,11,13,30H,1-4,10H2,(H,27,31). The summed E-state index contributed by atoms with van der Waals surface area (Å²) in [7, 11) is 0. The van der Waals surface area contributed by atoms with Crippen molar-refractivity contribution in [2.24, 2.45) is 5.92 Å². The molecule has 4 rings (SSSR count). The summed E-state index contributed by atoms with van der Waals surface area (Å²) in [6.07, 6.45) is 2.33. The van der Waals surface area contributed by atoms with E-state index in [-0.39, 0.29) is 23.4 Å². The molecule has 2 N–H and O–H groups in total. The fourth-order valence-corrected chi connectivity index (χ4v) is 3.94. The number of amides is 1. The van der Waals surface area contributed by atoms with Gasteiger partial charge in [0, 0.05) is 18.2 Å². The third-order valence-corrected chi connectivity index (χ3v) is 5.78. The molecule has 1 aromatic carbocycles. The number of nitrogens with zero attached hydrogens (tertiary/aromatic N) is 4. The van der Waals surface area contributed by atoms with Crippen LogP contribution in [0.1, 0.15) is 47.9 Å². The first-order chi connectivity index (χ1) is 14.7. The van der Waals surface area contributed by atoms with Crippen molar-refractivity contribution in [2.75, 3.05) is 11.9 Å². The SMILES string of the molecule is O=C(Nc1cc2cn(C3CCC(CO)CC3)nc2cc1Cl)c1cncc(C(F)(F)F)n1. The van der Waals surface area contributed by atoms with E-state index in [1.165, 1.54) is 0 Å². The van der Waals surface area contributed by atoms with Crippen LogP contribution in [0.4, 0.5) is 18.9 Å². The lowest BCUT2D eigenvalue weighted by Crippen LogP contribution is -2.20. The Bertz CT molecular complexity index is 1110.